The SMILES string of the molecule is CN1C(c2ccc(Cl)cc2)=C(c2ccc(Cl)cc2Cl)CC1S(=O)(=O)S(=O)(=O)c1ccccc1. The highest BCUT2D eigenvalue weighted by molar-refractivity contribution is 8.67. The summed E-state index contributed by atoms with van der Waals surface area (Å²) in [5.74, 6) is 0. The van der Waals surface area contributed by atoms with E-state index in [1.165, 1.54) is 29.2 Å². The lowest BCUT2D eigenvalue weighted by atomic mass is 9.99. The van der Waals surface area contributed by atoms with Crippen LogP contribution >= 0.6 is 34.8 Å². The van der Waals surface area contributed by atoms with Gasteiger partial charge in [-0.2, -0.15) is 0 Å². The van der Waals surface area contributed by atoms with Crippen molar-refractivity contribution >= 4 is 63.8 Å². The van der Waals surface area contributed by atoms with Crippen LogP contribution in [0.5, 0.6) is 0 Å². The van der Waals surface area contributed by atoms with Crippen LogP contribution in [0.4, 0.5) is 0 Å². The van der Waals surface area contributed by atoms with Gasteiger partial charge in [-0.1, -0.05) is 71.2 Å². The molecule has 33 heavy (non-hydrogen) atoms. The van der Waals surface area contributed by atoms with Crippen molar-refractivity contribution in [3.05, 3.63) is 99.0 Å². The molecule has 172 valence electrons. The van der Waals surface area contributed by atoms with E-state index in [2.05, 4.69) is 0 Å². The molecule has 0 amide bonds. The van der Waals surface area contributed by atoms with Gasteiger partial charge in [0.1, 0.15) is 0 Å². The molecule has 1 aliphatic heterocycles. The van der Waals surface area contributed by atoms with Crippen molar-refractivity contribution in [2.24, 2.45) is 0 Å². The Balaban J connectivity index is 1.88. The number of hydrogen-bond donors (Lipinski definition) is 0. The lowest BCUT2D eigenvalue weighted by Gasteiger charge is -2.25. The smallest absolute Gasteiger partial charge is 0.284 e. The van der Waals surface area contributed by atoms with Crippen LogP contribution in [0.1, 0.15) is 17.5 Å². The molecule has 3 aromatic carbocycles. The highest BCUT2D eigenvalue weighted by atomic mass is 35.5. The van der Waals surface area contributed by atoms with E-state index < -0.39 is 23.1 Å². The summed E-state index contributed by atoms with van der Waals surface area (Å²) >= 11 is 18.5. The number of benzene rings is 3. The monoisotopic (exact) mass is 541 g/mol. The predicted molar refractivity (Wildman–Crippen MR) is 133 cm³/mol. The Morgan fingerprint density at radius 2 is 1.42 bits per heavy atom. The Morgan fingerprint density at radius 3 is 2.03 bits per heavy atom. The molecule has 0 aromatic heterocycles. The maximum atomic E-state index is 13.5. The molecule has 0 radical (unpaired) electrons. The van der Waals surface area contributed by atoms with Crippen molar-refractivity contribution in [3.63, 3.8) is 0 Å². The summed E-state index contributed by atoms with van der Waals surface area (Å²) in [7, 11) is -7.79. The van der Waals surface area contributed by atoms with E-state index in [1.807, 2.05) is 0 Å². The summed E-state index contributed by atoms with van der Waals surface area (Å²) in [6.45, 7) is 0. The third-order valence-electron chi connectivity index (χ3n) is 5.49. The zero-order chi connectivity index (χ0) is 24.0. The van der Waals surface area contributed by atoms with Crippen molar-refractivity contribution < 1.29 is 16.8 Å². The summed E-state index contributed by atoms with van der Waals surface area (Å²) in [6.07, 6.45) is -0.0792. The van der Waals surface area contributed by atoms with Gasteiger partial charge >= 0.3 is 0 Å². The van der Waals surface area contributed by atoms with Crippen molar-refractivity contribution in [2.45, 2.75) is 16.7 Å². The number of halogens is 3. The van der Waals surface area contributed by atoms with E-state index in [0.717, 1.165) is 0 Å². The number of rotatable bonds is 5. The van der Waals surface area contributed by atoms with Gasteiger partial charge in [-0.05, 0) is 53.1 Å². The van der Waals surface area contributed by atoms with Gasteiger partial charge in [0, 0.05) is 34.2 Å². The molecule has 0 aliphatic carbocycles. The quantitative estimate of drug-likeness (QED) is 0.371. The van der Waals surface area contributed by atoms with Gasteiger partial charge in [-0.25, -0.2) is 16.8 Å². The highest BCUT2D eigenvalue weighted by Gasteiger charge is 2.47. The second-order valence-corrected chi connectivity index (χ2v) is 14.4. The molecule has 0 spiro atoms. The van der Waals surface area contributed by atoms with Gasteiger partial charge in [0.05, 0.1) is 4.90 Å². The summed E-state index contributed by atoms with van der Waals surface area (Å²) in [6, 6.07) is 18.9. The largest absolute Gasteiger partial charge is 0.356 e. The summed E-state index contributed by atoms with van der Waals surface area (Å²) in [5, 5.41) is -0.0714. The maximum absolute atomic E-state index is 13.5. The molecular weight excluding hydrogens is 525 g/mol. The van der Waals surface area contributed by atoms with E-state index in [-0.39, 0.29) is 11.3 Å². The van der Waals surface area contributed by atoms with Gasteiger partial charge < -0.3 is 4.90 Å². The van der Waals surface area contributed by atoms with Crippen molar-refractivity contribution in [1.29, 1.82) is 0 Å². The van der Waals surface area contributed by atoms with E-state index in [1.54, 1.807) is 55.6 Å². The third kappa shape index (κ3) is 4.29. The van der Waals surface area contributed by atoms with Crippen LogP contribution in [-0.4, -0.2) is 34.2 Å². The van der Waals surface area contributed by atoms with Gasteiger partial charge in [0.25, 0.3) is 17.7 Å². The number of hydrogen-bond acceptors (Lipinski definition) is 5. The van der Waals surface area contributed by atoms with Gasteiger partial charge in [-0.15, -0.1) is 0 Å². The van der Waals surface area contributed by atoms with Crippen LogP contribution in [0, 0.1) is 0 Å². The normalized spacial score (nSPS) is 17.0. The second-order valence-electron chi connectivity index (χ2n) is 7.49. The highest BCUT2D eigenvalue weighted by Crippen LogP contribution is 2.45. The first-order valence-corrected chi connectivity index (χ1v) is 14.4. The third-order valence-corrected chi connectivity index (χ3v) is 12.0. The lowest BCUT2D eigenvalue weighted by molar-refractivity contribution is 0.451. The van der Waals surface area contributed by atoms with E-state index in [4.69, 9.17) is 34.8 Å². The van der Waals surface area contributed by atoms with Crippen molar-refractivity contribution in [2.75, 3.05) is 7.05 Å². The minimum absolute atomic E-state index is 0.0792. The first-order valence-electron chi connectivity index (χ1n) is 9.75. The minimum Gasteiger partial charge on any atom is -0.356 e. The van der Waals surface area contributed by atoms with Crippen molar-refractivity contribution in [1.82, 2.24) is 4.90 Å². The fraction of sp³-hybridized carbons (Fsp3) is 0.130. The molecule has 0 saturated heterocycles. The molecule has 3 aromatic rings. The molecule has 10 heteroatoms. The van der Waals surface area contributed by atoms with Crippen LogP contribution < -0.4 is 0 Å². The summed E-state index contributed by atoms with van der Waals surface area (Å²) < 4.78 is 53.2. The molecule has 0 fully saturated rings. The van der Waals surface area contributed by atoms with Crippen LogP contribution in [0.2, 0.25) is 15.1 Å². The Bertz CT molecular complexity index is 1450. The van der Waals surface area contributed by atoms with Crippen LogP contribution in [0.3, 0.4) is 0 Å². The second kappa shape index (κ2) is 8.96. The fourth-order valence-corrected chi connectivity index (χ4v) is 9.06. The van der Waals surface area contributed by atoms with Crippen molar-refractivity contribution in [3.8, 4) is 0 Å². The van der Waals surface area contributed by atoms with Crippen LogP contribution in [-0.2, 0) is 17.7 Å². The topological polar surface area (TPSA) is 71.5 Å². The first-order chi connectivity index (χ1) is 15.5. The average Bonchev–Trinajstić information content (AvgIpc) is 3.12. The minimum atomic E-state index is -4.69. The first kappa shape index (κ1) is 24.1. The zero-order valence-electron chi connectivity index (χ0n) is 17.2. The molecule has 5 nitrogen and oxygen atoms in total. The number of nitrogens with zero attached hydrogens (tertiary/aromatic N) is 1. The molecule has 1 aliphatic rings. The van der Waals surface area contributed by atoms with Crippen LogP contribution in [0.15, 0.2) is 77.7 Å². The standard InChI is InChI=1S/C23H18Cl3NO4S2/c1-27-22(33(30,31)32(28,29)18-5-3-2-4-6-18)14-20(19-12-11-17(25)13-21(19)26)23(27)15-7-9-16(24)10-8-15/h2-13,22H,14H2,1H3. The Kier molecular flexibility index (Phi) is 6.55. The zero-order valence-corrected chi connectivity index (χ0v) is 21.1. The van der Waals surface area contributed by atoms with Gasteiger partial charge in [0.15, 0.2) is 5.37 Å². The Hall–Kier alpha value is -2.03. The predicted octanol–water partition coefficient (Wildman–Crippen LogP) is 5.98. The van der Waals surface area contributed by atoms with E-state index in [0.29, 0.717) is 37.5 Å². The molecule has 4 rings (SSSR count). The maximum Gasteiger partial charge on any atom is 0.284 e. The fourth-order valence-electron chi connectivity index (χ4n) is 3.89. The Labute approximate surface area is 207 Å². The average molecular weight is 543 g/mol. The molecule has 1 unspecified atom stereocenters. The molecule has 0 saturated carbocycles. The molecule has 0 N–H and O–H groups in total. The molecule has 1 atom stereocenters. The summed E-state index contributed by atoms with van der Waals surface area (Å²) in [5.41, 5.74) is 2.40. The summed E-state index contributed by atoms with van der Waals surface area (Å²) in [4.78, 5) is 1.20. The van der Waals surface area contributed by atoms with Gasteiger partial charge in [0.2, 0.25) is 0 Å². The molecule has 0 bridgehead atoms. The van der Waals surface area contributed by atoms with Crippen LogP contribution in [0.25, 0.3) is 11.3 Å². The van der Waals surface area contributed by atoms with E-state index in [9.17, 15) is 16.8 Å². The van der Waals surface area contributed by atoms with Gasteiger partial charge in [-0.3, -0.25) is 0 Å². The Morgan fingerprint density at radius 1 is 0.818 bits per heavy atom. The molecule has 1 heterocycles. The van der Waals surface area contributed by atoms with E-state index >= 15 is 0 Å². The lowest BCUT2D eigenvalue weighted by Crippen LogP contribution is -2.37. The molecular formula is C23H18Cl3NO4S2.